The fraction of sp³-hybridized carbons (Fsp3) is 0.214. The van der Waals surface area contributed by atoms with Crippen LogP contribution in [0, 0.1) is 12.8 Å². The van der Waals surface area contributed by atoms with Gasteiger partial charge < -0.3 is 9.67 Å². The second kappa shape index (κ2) is 8.71. The van der Waals surface area contributed by atoms with Crippen LogP contribution in [-0.2, 0) is 31.4 Å². The number of benzene rings is 3. The van der Waals surface area contributed by atoms with Crippen LogP contribution in [0.2, 0.25) is 0 Å². The van der Waals surface area contributed by atoms with Crippen LogP contribution in [-0.4, -0.2) is 24.8 Å². The summed E-state index contributed by atoms with van der Waals surface area (Å²) in [6.45, 7) is 2.62. The Morgan fingerprint density at radius 1 is 0.882 bits per heavy atom. The number of rotatable bonds is 7. The van der Waals surface area contributed by atoms with Gasteiger partial charge in [-0.3, -0.25) is 13.9 Å². The highest BCUT2D eigenvalue weighted by Gasteiger charge is 2.23. The predicted molar refractivity (Wildman–Crippen MR) is 134 cm³/mol. The van der Waals surface area contributed by atoms with E-state index in [9.17, 15) is 14.7 Å². The summed E-state index contributed by atoms with van der Waals surface area (Å²) in [5, 5.41) is 11.1. The van der Waals surface area contributed by atoms with E-state index >= 15 is 0 Å². The van der Waals surface area contributed by atoms with Crippen molar-refractivity contribution in [3.8, 4) is 0 Å². The zero-order valence-corrected chi connectivity index (χ0v) is 19.3. The molecule has 1 unspecified atom stereocenters. The fourth-order valence-electron chi connectivity index (χ4n) is 4.97. The molecule has 5 rings (SSSR count). The Labute approximate surface area is 197 Å². The van der Waals surface area contributed by atoms with Gasteiger partial charge in [0.05, 0.1) is 23.5 Å². The molecule has 6 heteroatoms. The molecule has 6 nitrogen and oxygen atoms in total. The van der Waals surface area contributed by atoms with Gasteiger partial charge in [-0.15, -0.1) is 0 Å². The second-order valence-electron chi connectivity index (χ2n) is 8.93. The second-order valence-corrected chi connectivity index (χ2v) is 8.93. The number of nitrogens with zero attached hydrogens (tertiary/aromatic N) is 3. The molecule has 34 heavy (non-hydrogen) atoms. The molecule has 0 fully saturated rings. The molecule has 0 saturated heterocycles. The van der Waals surface area contributed by atoms with Gasteiger partial charge in [0.2, 0.25) is 0 Å². The van der Waals surface area contributed by atoms with Crippen molar-refractivity contribution in [2.45, 2.75) is 26.4 Å². The summed E-state index contributed by atoms with van der Waals surface area (Å²) in [7, 11) is 2.01. The number of hydrogen-bond donors (Lipinski definition) is 1. The van der Waals surface area contributed by atoms with Crippen LogP contribution < -0.4 is 5.69 Å². The minimum Gasteiger partial charge on any atom is -0.481 e. The first kappa shape index (κ1) is 21.8. The predicted octanol–water partition coefficient (Wildman–Crippen LogP) is 4.59. The maximum Gasteiger partial charge on any atom is 0.329 e. The number of aryl methyl sites for hydroxylation is 2. The van der Waals surface area contributed by atoms with E-state index in [-0.39, 0.29) is 12.2 Å². The molecule has 3 aromatic carbocycles. The molecule has 0 bridgehead atoms. The summed E-state index contributed by atoms with van der Waals surface area (Å²) >= 11 is 0. The molecular weight excluding hydrogens is 426 g/mol. The van der Waals surface area contributed by atoms with Gasteiger partial charge in [0.15, 0.2) is 0 Å². The molecule has 1 atom stereocenters. The third-order valence-electron chi connectivity index (χ3n) is 6.63. The molecule has 0 spiro atoms. The highest BCUT2D eigenvalue weighted by atomic mass is 16.4. The summed E-state index contributed by atoms with van der Waals surface area (Å²) in [5.74, 6) is -1.61. The van der Waals surface area contributed by atoms with Crippen LogP contribution in [0.5, 0.6) is 0 Å². The van der Waals surface area contributed by atoms with Gasteiger partial charge in [-0.25, -0.2) is 4.79 Å². The van der Waals surface area contributed by atoms with E-state index in [1.54, 1.807) is 9.13 Å². The normalized spacial score (nSPS) is 12.4. The monoisotopic (exact) mass is 453 g/mol. The Kier molecular flexibility index (Phi) is 5.57. The lowest BCUT2D eigenvalue weighted by Gasteiger charge is -2.13. The van der Waals surface area contributed by atoms with Crippen molar-refractivity contribution in [2.75, 3.05) is 0 Å². The number of imidazole rings is 1. The van der Waals surface area contributed by atoms with Crippen molar-refractivity contribution in [3.05, 3.63) is 106 Å². The molecule has 0 radical (unpaired) electrons. The van der Waals surface area contributed by atoms with E-state index in [0.717, 1.165) is 33.1 Å². The molecule has 2 aromatic heterocycles. The number of carboxylic acid groups (broad SMARTS) is 1. The van der Waals surface area contributed by atoms with Gasteiger partial charge in [-0.1, -0.05) is 54.6 Å². The molecule has 0 amide bonds. The molecule has 172 valence electrons. The smallest absolute Gasteiger partial charge is 0.329 e. The Morgan fingerprint density at radius 3 is 2.24 bits per heavy atom. The number of para-hydroxylation sites is 2. The molecular formula is C28H27N3O3. The maximum absolute atomic E-state index is 13.7. The van der Waals surface area contributed by atoms with Gasteiger partial charge in [-0.2, -0.15) is 0 Å². The first-order chi connectivity index (χ1) is 16.4. The minimum absolute atomic E-state index is 0.116. The van der Waals surface area contributed by atoms with Gasteiger partial charge in [0, 0.05) is 30.7 Å². The number of fused-ring (bicyclic) bond motifs is 2. The van der Waals surface area contributed by atoms with Crippen LogP contribution in [0.25, 0.3) is 21.9 Å². The lowest BCUT2D eigenvalue weighted by molar-refractivity contribution is -0.142. The average molecular weight is 454 g/mol. The summed E-state index contributed by atoms with van der Waals surface area (Å²) in [6, 6.07) is 23.4. The summed E-state index contributed by atoms with van der Waals surface area (Å²) in [5.41, 5.74) is 5.67. The highest BCUT2D eigenvalue weighted by molar-refractivity contribution is 5.87. The average Bonchev–Trinajstić information content (AvgIpc) is 3.29. The lowest BCUT2D eigenvalue weighted by atomic mass is 9.99. The third kappa shape index (κ3) is 3.81. The number of aliphatic carboxylic acids is 1. The van der Waals surface area contributed by atoms with E-state index in [1.165, 1.54) is 5.56 Å². The van der Waals surface area contributed by atoms with E-state index in [4.69, 9.17) is 0 Å². The van der Waals surface area contributed by atoms with Gasteiger partial charge in [-0.05, 0) is 48.2 Å². The van der Waals surface area contributed by atoms with Crippen LogP contribution >= 0.6 is 0 Å². The number of carbonyl (C=O) groups is 1. The number of carboxylic acids is 1. The molecule has 5 aromatic rings. The largest absolute Gasteiger partial charge is 0.481 e. The van der Waals surface area contributed by atoms with Gasteiger partial charge in [0.25, 0.3) is 0 Å². The van der Waals surface area contributed by atoms with Crippen molar-refractivity contribution in [1.29, 1.82) is 0 Å². The van der Waals surface area contributed by atoms with Crippen molar-refractivity contribution >= 4 is 27.9 Å². The van der Waals surface area contributed by atoms with E-state index in [1.807, 2.05) is 67.7 Å². The Hall–Kier alpha value is -4.06. The fourth-order valence-corrected chi connectivity index (χ4v) is 4.97. The summed E-state index contributed by atoms with van der Waals surface area (Å²) < 4.78 is 5.47. The first-order valence-corrected chi connectivity index (χ1v) is 11.4. The van der Waals surface area contributed by atoms with Crippen molar-refractivity contribution < 1.29 is 9.90 Å². The molecule has 0 aliphatic rings. The van der Waals surface area contributed by atoms with E-state index < -0.39 is 11.9 Å². The van der Waals surface area contributed by atoms with Gasteiger partial charge >= 0.3 is 11.7 Å². The quantitative estimate of drug-likeness (QED) is 0.392. The topological polar surface area (TPSA) is 69.2 Å². The SMILES string of the molecule is Cc1cccc2c1c(Cn1c(=O)n(CC(Cc3ccccc3)C(=O)O)c3ccccc31)cn2C. The minimum atomic E-state index is -0.905. The first-order valence-electron chi connectivity index (χ1n) is 11.4. The zero-order valence-electron chi connectivity index (χ0n) is 19.3. The molecule has 1 N–H and O–H groups in total. The Morgan fingerprint density at radius 2 is 1.53 bits per heavy atom. The molecule has 0 aliphatic heterocycles. The molecule has 2 heterocycles. The van der Waals surface area contributed by atoms with Crippen LogP contribution in [0.4, 0.5) is 0 Å². The summed E-state index contributed by atoms with van der Waals surface area (Å²) in [6.07, 6.45) is 2.44. The van der Waals surface area contributed by atoms with Crippen LogP contribution in [0.15, 0.2) is 83.8 Å². The van der Waals surface area contributed by atoms with Gasteiger partial charge in [0.1, 0.15) is 0 Å². The van der Waals surface area contributed by atoms with Crippen molar-refractivity contribution in [3.63, 3.8) is 0 Å². The van der Waals surface area contributed by atoms with Crippen LogP contribution in [0.3, 0.4) is 0 Å². The number of aromatic nitrogens is 3. The molecule has 0 aliphatic carbocycles. The number of hydrogen-bond acceptors (Lipinski definition) is 2. The third-order valence-corrected chi connectivity index (χ3v) is 6.63. The maximum atomic E-state index is 13.7. The van der Waals surface area contributed by atoms with Crippen LogP contribution in [0.1, 0.15) is 16.7 Å². The van der Waals surface area contributed by atoms with E-state index in [0.29, 0.717) is 13.0 Å². The van der Waals surface area contributed by atoms with E-state index in [2.05, 4.69) is 29.8 Å². The Bertz CT molecular complexity index is 1560. The van der Waals surface area contributed by atoms with Crippen molar-refractivity contribution in [1.82, 2.24) is 13.7 Å². The molecule has 0 saturated carbocycles. The lowest BCUT2D eigenvalue weighted by Crippen LogP contribution is -2.30. The highest BCUT2D eigenvalue weighted by Crippen LogP contribution is 2.26. The standard InChI is InChI=1S/C28H27N3O3/c1-19-9-8-14-25-26(19)22(16-29(25)2)18-31-24-13-7-6-12-23(24)30(28(31)34)17-21(27(32)33)15-20-10-4-3-5-11-20/h3-14,16,21H,15,17-18H2,1-2H3,(H,32,33). The Balaban J connectivity index is 1.58. The van der Waals surface area contributed by atoms with Crippen molar-refractivity contribution in [2.24, 2.45) is 13.0 Å². The summed E-state index contributed by atoms with van der Waals surface area (Å²) in [4.78, 5) is 25.8. The zero-order chi connectivity index (χ0) is 23.8.